The van der Waals surface area contributed by atoms with Gasteiger partial charge in [-0.15, -0.1) is 10.2 Å². The van der Waals surface area contributed by atoms with E-state index in [0.29, 0.717) is 23.9 Å². The predicted octanol–water partition coefficient (Wildman–Crippen LogP) is 5.04. The number of pyridine rings is 1. The van der Waals surface area contributed by atoms with Gasteiger partial charge in [-0.05, 0) is 48.9 Å². The predicted molar refractivity (Wildman–Crippen MR) is 130 cm³/mol. The largest absolute Gasteiger partial charge is 0.494 e. The van der Waals surface area contributed by atoms with E-state index in [0.717, 1.165) is 22.8 Å². The van der Waals surface area contributed by atoms with Crippen molar-refractivity contribution in [2.45, 2.75) is 18.5 Å². The highest BCUT2D eigenvalue weighted by Gasteiger charge is 2.17. The van der Waals surface area contributed by atoms with E-state index < -0.39 is 0 Å². The number of rotatable bonds is 9. The van der Waals surface area contributed by atoms with Crippen molar-refractivity contribution in [2.24, 2.45) is 0 Å². The van der Waals surface area contributed by atoms with Crippen LogP contribution in [0.5, 0.6) is 5.75 Å². The Hall–Kier alpha value is -3.36. The standard InChI is InChI=1S/C24H22ClN5O2S/c1-2-32-19-12-10-18(11-13-19)30-21(15-17-7-4-3-5-8-17)28-29-24(30)33-16-22(31)27-20-9-6-14-26-23(20)25/h3-14H,2,15-16H2,1H3,(H,27,31). The van der Waals surface area contributed by atoms with Gasteiger partial charge in [-0.3, -0.25) is 9.36 Å². The molecule has 1 N–H and O–H groups in total. The van der Waals surface area contributed by atoms with E-state index in [1.165, 1.54) is 11.8 Å². The summed E-state index contributed by atoms with van der Waals surface area (Å²) in [6.07, 6.45) is 2.18. The van der Waals surface area contributed by atoms with Gasteiger partial charge in [0.25, 0.3) is 0 Å². The second kappa shape index (κ2) is 11.0. The molecule has 0 aliphatic rings. The van der Waals surface area contributed by atoms with E-state index in [2.05, 4.69) is 32.6 Å². The molecule has 4 aromatic rings. The van der Waals surface area contributed by atoms with E-state index in [1.807, 2.05) is 54.0 Å². The van der Waals surface area contributed by atoms with Crippen molar-refractivity contribution in [3.8, 4) is 11.4 Å². The minimum Gasteiger partial charge on any atom is -0.494 e. The molecule has 2 aromatic heterocycles. The zero-order chi connectivity index (χ0) is 23.0. The Morgan fingerprint density at radius 2 is 1.85 bits per heavy atom. The fourth-order valence-corrected chi connectivity index (χ4v) is 4.14. The molecule has 168 valence electrons. The van der Waals surface area contributed by atoms with E-state index >= 15 is 0 Å². The third-order valence-electron chi connectivity index (χ3n) is 4.68. The number of hydrogen-bond acceptors (Lipinski definition) is 6. The number of hydrogen-bond donors (Lipinski definition) is 1. The Morgan fingerprint density at radius 1 is 1.06 bits per heavy atom. The number of anilines is 1. The molecule has 33 heavy (non-hydrogen) atoms. The summed E-state index contributed by atoms with van der Waals surface area (Å²) >= 11 is 7.34. The molecular weight excluding hydrogens is 458 g/mol. The van der Waals surface area contributed by atoms with Gasteiger partial charge in [-0.1, -0.05) is 53.7 Å². The van der Waals surface area contributed by atoms with Gasteiger partial charge in [0.05, 0.1) is 18.0 Å². The zero-order valence-electron chi connectivity index (χ0n) is 17.9. The zero-order valence-corrected chi connectivity index (χ0v) is 19.5. The maximum absolute atomic E-state index is 12.5. The minimum atomic E-state index is -0.208. The molecule has 0 spiro atoms. The molecule has 0 saturated heterocycles. The van der Waals surface area contributed by atoms with Crippen LogP contribution in [0.4, 0.5) is 5.69 Å². The molecule has 0 aliphatic heterocycles. The first-order valence-corrected chi connectivity index (χ1v) is 11.7. The fraction of sp³-hybridized carbons (Fsp3) is 0.167. The first-order chi connectivity index (χ1) is 16.1. The number of thioether (sulfide) groups is 1. The van der Waals surface area contributed by atoms with Crippen molar-refractivity contribution in [1.29, 1.82) is 0 Å². The minimum absolute atomic E-state index is 0.145. The number of carbonyl (C=O) groups excluding carboxylic acids is 1. The van der Waals surface area contributed by atoms with Crippen LogP contribution in [-0.4, -0.2) is 38.0 Å². The molecule has 0 bridgehead atoms. The summed E-state index contributed by atoms with van der Waals surface area (Å²) < 4.78 is 7.53. The second-order valence-electron chi connectivity index (χ2n) is 7.00. The lowest BCUT2D eigenvalue weighted by molar-refractivity contribution is -0.113. The summed E-state index contributed by atoms with van der Waals surface area (Å²) in [5, 5.41) is 12.4. The quantitative estimate of drug-likeness (QED) is 0.267. The molecule has 0 fully saturated rings. The number of amides is 1. The van der Waals surface area contributed by atoms with E-state index in [4.69, 9.17) is 16.3 Å². The molecule has 0 atom stereocenters. The summed E-state index contributed by atoms with van der Waals surface area (Å²) in [7, 11) is 0. The average molecular weight is 480 g/mol. The maximum Gasteiger partial charge on any atom is 0.234 e. The summed E-state index contributed by atoms with van der Waals surface area (Å²) in [4.78, 5) is 16.5. The molecule has 7 nitrogen and oxygen atoms in total. The van der Waals surface area contributed by atoms with Crippen LogP contribution in [0.25, 0.3) is 5.69 Å². The van der Waals surface area contributed by atoms with Crippen LogP contribution in [0.1, 0.15) is 18.3 Å². The van der Waals surface area contributed by atoms with Gasteiger partial charge in [0.1, 0.15) is 11.6 Å². The van der Waals surface area contributed by atoms with Crippen LogP contribution >= 0.6 is 23.4 Å². The smallest absolute Gasteiger partial charge is 0.234 e. The van der Waals surface area contributed by atoms with Crippen molar-refractivity contribution in [3.05, 3.63) is 89.5 Å². The van der Waals surface area contributed by atoms with Crippen molar-refractivity contribution in [1.82, 2.24) is 19.7 Å². The Balaban J connectivity index is 1.56. The molecule has 2 heterocycles. The Kier molecular flexibility index (Phi) is 7.59. The van der Waals surface area contributed by atoms with Crippen LogP contribution < -0.4 is 10.1 Å². The number of carbonyl (C=O) groups is 1. The Morgan fingerprint density at radius 3 is 2.58 bits per heavy atom. The van der Waals surface area contributed by atoms with Crippen molar-refractivity contribution < 1.29 is 9.53 Å². The molecule has 4 rings (SSSR count). The second-order valence-corrected chi connectivity index (χ2v) is 8.30. The van der Waals surface area contributed by atoms with Crippen molar-refractivity contribution >= 4 is 35.0 Å². The van der Waals surface area contributed by atoms with Crippen LogP contribution in [0.15, 0.2) is 78.1 Å². The van der Waals surface area contributed by atoms with Crippen LogP contribution in [0.2, 0.25) is 5.15 Å². The SMILES string of the molecule is CCOc1ccc(-n2c(Cc3ccccc3)nnc2SCC(=O)Nc2cccnc2Cl)cc1. The van der Waals surface area contributed by atoms with Gasteiger partial charge in [0.2, 0.25) is 5.91 Å². The monoisotopic (exact) mass is 479 g/mol. The Bertz CT molecular complexity index is 1220. The first kappa shape index (κ1) is 22.8. The van der Waals surface area contributed by atoms with Gasteiger partial charge < -0.3 is 10.1 Å². The van der Waals surface area contributed by atoms with E-state index in [9.17, 15) is 4.79 Å². The molecule has 9 heteroatoms. The number of aromatic nitrogens is 4. The van der Waals surface area contributed by atoms with Crippen molar-refractivity contribution in [2.75, 3.05) is 17.7 Å². The van der Waals surface area contributed by atoms with E-state index in [-0.39, 0.29) is 16.8 Å². The summed E-state index contributed by atoms with van der Waals surface area (Å²) in [6.45, 7) is 2.55. The number of nitrogens with zero attached hydrogens (tertiary/aromatic N) is 4. The number of benzene rings is 2. The molecule has 2 aromatic carbocycles. The van der Waals surface area contributed by atoms with Crippen LogP contribution in [-0.2, 0) is 11.2 Å². The lowest BCUT2D eigenvalue weighted by Crippen LogP contribution is -2.15. The summed E-state index contributed by atoms with van der Waals surface area (Å²) in [6, 6.07) is 21.2. The first-order valence-electron chi connectivity index (χ1n) is 10.4. The van der Waals surface area contributed by atoms with Gasteiger partial charge in [-0.2, -0.15) is 0 Å². The topological polar surface area (TPSA) is 81.9 Å². The van der Waals surface area contributed by atoms with Crippen LogP contribution in [0, 0.1) is 0 Å². The number of nitrogens with one attached hydrogen (secondary N) is 1. The number of ether oxygens (including phenoxy) is 1. The molecule has 0 unspecified atom stereocenters. The third kappa shape index (κ3) is 5.91. The summed E-state index contributed by atoms with van der Waals surface area (Å²) in [5.41, 5.74) is 2.49. The molecule has 1 amide bonds. The molecule has 0 aliphatic carbocycles. The van der Waals surface area contributed by atoms with Gasteiger partial charge >= 0.3 is 0 Å². The average Bonchev–Trinajstić information content (AvgIpc) is 3.23. The van der Waals surface area contributed by atoms with Crippen molar-refractivity contribution in [3.63, 3.8) is 0 Å². The van der Waals surface area contributed by atoms with E-state index in [1.54, 1.807) is 18.3 Å². The highest BCUT2D eigenvalue weighted by atomic mass is 35.5. The third-order valence-corrected chi connectivity index (χ3v) is 5.91. The molecule has 0 radical (unpaired) electrons. The van der Waals surface area contributed by atoms with Gasteiger partial charge in [-0.25, -0.2) is 4.98 Å². The highest BCUT2D eigenvalue weighted by molar-refractivity contribution is 7.99. The van der Waals surface area contributed by atoms with Gasteiger partial charge in [0.15, 0.2) is 10.3 Å². The molecule has 0 saturated carbocycles. The fourth-order valence-electron chi connectivity index (χ4n) is 3.20. The maximum atomic E-state index is 12.5. The Labute approximate surface area is 201 Å². The normalized spacial score (nSPS) is 10.7. The number of halogens is 1. The lowest BCUT2D eigenvalue weighted by Gasteiger charge is -2.12. The lowest BCUT2D eigenvalue weighted by atomic mass is 10.1. The molecular formula is C24H22ClN5O2S. The van der Waals surface area contributed by atoms with Crippen LogP contribution in [0.3, 0.4) is 0 Å². The highest BCUT2D eigenvalue weighted by Crippen LogP contribution is 2.26. The summed E-state index contributed by atoms with van der Waals surface area (Å²) in [5.74, 6) is 1.51. The van der Waals surface area contributed by atoms with Gasteiger partial charge in [0, 0.05) is 18.3 Å².